The van der Waals surface area contributed by atoms with Crippen LogP contribution in [0.5, 0.6) is 5.75 Å². The van der Waals surface area contributed by atoms with Gasteiger partial charge in [-0.2, -0.15) is 0 Å². The number of carbonyl (C=O) groups excluding carboxylic acids is 2. The number of aryl methyl sites for hydroxylation is 1. The maximum Gasteiger partial charge on any atom is 0.295 e. The molecule has 2 heterocycles. The molecule has 1 atom stereocenters. The van der Waals surface area contributed by atoms with Crippen LogP contribution in [0.1, 0.15) is 54.5 Å². The van der Waals surface area contributed by atoms with Crippen molar-refractivity contribution in [2.24, 2.45) is 0 Å². The van der Waals surface area contributed by atoms with Gasteiger partial charge in [0.2, 0.25) is 0 Å². The highest BCUT2D eigenvalue weighted by Crippen LogP contribution is 2.41. The molecule has 1 amide bonds. The normalized spacial score (nSPS) is 17.9. The lowest BCUT2D eigenvalue weighted by Gasteiger charge is -2.25. The third kappa shape index (κ3) is 4.39. The van der Waals surface area contributed by atoms with E-state index in [0.29, 0.717) is 30.7 Å². The van der Waals surface area contributed by atoms with Crippen LogP contribution in [0.15, 0.2) is 42.2 Å². The first-order valence-corrected chi connectivity index (χ1v) is 10.7. The molecule has 0 aliphatic carbocycles. The fourth-order valence-electron chi connectivity index (χ4n) is 4.10. The molecule has 1 unspecified atom stereocenters. The van der Waals surface area contributed by atoms with Gasteiger partial charge in [0.15, 0.2) is 0 Å². The number of aliphatic hydroxyl groups is 1. The zero-order valence-corrected chi connectivity index (χ0v) is 19.2. The summed E-state index contributed by atoms with van der Waals surface area (Å²) in [7, 11) is 3.19. The number of benzene rings is 1. The molecule has 1 aromatic heterocycles. The minimum atomic E-state index is -0.718. The summed E-state index contributed by atoms with van der Waals surface area (Å²) >= 11 is 0. The zero-order chi connectivity index (χ0) is 23.4. The average molecular weight is 439 g/mol. The molecule has 0 bridgehead atoms. The third-order valence-corrected chi connectivity index (χ3v) is 5.74. The molecule has 1 aliphatic heterocycles. The van der Waals surface area contributed by atoms with Crippen molar-refractivity contribution in [1.82, 2.24) is 9.88 Å². The van der Waals surface area contributed by atoms with Crippen LogP contribution in [0.3, 0.4) is 0 Å². The van der Waals surface area contributed by atoms with Gasteiger partial charge in [-0.15, -0.1) is 0 Å². The summed E-state index contributed by atoms with van der Waals surface area (Å²) in [6, 6.07) is 6.52. The summed E-state index contributed by atoms with van der Waals surface area (Å²) in [5.41, 5.74) is 2.91. The molecule has 0 spiro atoms. The number of methoxy groups -OCH3 is 2. The van der Waals surface area contributed by atoms with E-state index in [1.807, 2.05) is 32.9 Å². The van der Waals surface area contributed by atoms with Crippen LogP contribution >= 0.6 is 0 Å². The van der Waals surface area contributed by atoms with Gasteiger partial charge in [-0.1, -0.05) is 19.9 Å². The van der Waals surface area contributed by atoms with Gasteiger partial charge >= 0.3 is 0 Å². The first-order chi connectivity index (χ1) is 15.3. The van der Waals surface area contributed by atoms with E-state index in [4.69, 9.17) is 9.47 Å². The largest absolute Gasteiger partial charge is 0.507 e. The quantitative estimate of drug-likeness (QED) is 0.290. The highest BCUT2D eigenvalue weighted by molar-refractivity contribution is 6.46. The molecular weight excluding hydrogens is 408 g/mol. The molecule has 1 aromatic carbocycles. The van der Waals surface area contributed by atoms with E-state index < -0.39 is 17.7 Å². The molecule has 0 saturated carbocycles. The summed E-state index contributed by atoms with van der Waals surface area (Å²) in [5, 5.41) is 11.4. The Bertz CT molecular complexity index is 1030. The van der Waals surface area contributed by atoms with Crippen LogP contribution < -0.4 is 4.74 Å². The van der Waals surface area contributed by atoms with Crippen LogP contribution in [0, 0.1) is 6.92 Å². The van der Waals surface area contributed by atoms with E-state index in [1.54, 1.807) is 38.7 Å². The Morgan fingerprint density at radius 3 is 2.59 bits per heavy atom. The molecule has 1 N–H and O–H groups in total. The number of ketones is 1. The molecule has 7 heteroatoms. The van der Waals surface area contributed by atoms with Gasteiger partial charge < -0.3 is 19.5 Å². The number of Topliss-reactive ketones (excluding diaryl/α,β-unsaturated/α-hetero) is 1. The lowest BCUT2D eigenvalue weighted by Crippen LogP contribution is -2.31. The predicted molar refractivity (Wildman–Crippen MR) is 122 cm³/mol. The van der Waals surface area contributed by atoms with Crippen molar-refractivity contribution >= 4 is 17.4 Å². The van der Waals surface area contributed by atoms with Crippen LogP contribution in [0.4, 0.5) is 0 Å². The summed E-state index contributed by atoms with van der Waals surface area (Å²) in [6.45, 7) is 6.68. The van der Waals surface area contributed by atoms with E-state index in [1.165, 1.54) is 4.90 Å². The molecule has 2 aromatic rings. The molecule has 0 radical (unpaired) electrons. The number of aliphatic hydroxyl groups excluding tert-OH is 1. The summed E-state index contributed by atoms with van der Waals surface area (Å²) in [5.74, 6) is -0.657. The lowest BCUT2D eigenvalue weighted by atomic mass is 9.91. The number of likely N-dealkylation sites (tertiary alicyclic amines) is 1. The Morgan fingerprint density at radius 1 is 1.25 bits per heavy atom. The van der Waals surface area contributed by atoms with Gasteiger partial charge in [-0.05, 0) is 54.2 Å². The van der Waals surface area contributed by atoms with Gasteiger partial charge in [0.25, 0.3) is 11.7 Å². The Balaban J connectivity index is 2.19. The maximum atomic E-state index is 13.1. The van der Waals surface area contributed by atoms with Crippen molar-refractivity contribution in [2.75, 3.05) is 27.4 Å². The monoisotopic (exact) mass is 438 g/mol. The van der Waals surface area contributed by atoms with Gasteiger partial charge in [-0.25, -0.2) is 0 Å². The second-order valence-electron chi connectivity index (χ2n) is 8.19. The molecule has 1 saturated heterocycles. The Morgan fingerprint density at radius 2 is 2.00 bits per heavy atom. The number of amides is 1. The lowest BCUT2D eigenvalue weighted by molar-refractivity contribution is -0.140. The molecule has 1 aliphatic rings. The topological polar surface area (TPSA) is 89.0 Å². The Kier molecular flexibility index (Phi) is 7.30. The van der Waals surface area contributed by atoms with Crippen molar-refractivity contribution in [3.05, 3.63) is 64.5 Å². The number of carbonyl (C=O) groups is 2. The smallest absolute Gasteiger partial charge is 0.295 e. The summed E-state index contributed by atoms with van der Waals surface area (Å²) in [6.07, 6.45) is 3.82. The minimum Gasteiger partial charge on any atom is -0.507 e. The van der Waals surface area contributed by atoms with Gasteiger partial charge in [0, 0.05) is 38.2 Å². The van der Waals surface area contributed by atoms with Crippen LogP contribution in [-0.4, -0.2) is 54.1 Å². The Labute approximate surface area is 188 Å². The zero-order valence-electron chi connectivity index (χ0n) is 19.2. The fraction of sp³-hybridized carbons (Fsp3) is 0.400. The molecular formula is C25H30N2O5. The fourth-order valence-corrected chi connectivity index (χ4v) is 4.10. The van der Waals surface area contributed by atoms with Crippen molar-refractivity contribution in [3.63, 3.8) is 0 Å². The van der Waals surface area contributed by atoms with E-state index >= 15 is 0 Å². The standard InChI is InChI=1S/C25H30N2O5/c1-15(2)18-13-19(16(3)12-20(18)32-5)23(28)21-22(17-8-6-9-26-14-17)27(10-7-11-31-4)25(30)24(21)29/h6,8-9,12-15,22,28H,7,10-11H2,1-5H3/b23-21+. The highest BCUT2D eigenvalue weighted by atomic mass is 16.5. The van der Waals surface area contributed by atoms with E-state index in [0.717, 1.165) is 16.9 Å². The molecule has 3 rings (SSSR count). The molecule has 170 valence electrons. The summed E-state index contributed by atoms with van der Waals surface area (Å²) in [4.78, 5) is 31.7. The van der Waals surface area contributed by atoms with Gasteiger partial charge in [0.05, 0.1) is 18.7 Å². The molecule has 32 heavy (non-hydrogen) atoms. The van der Waals surface area contributed by atoms with Crippen molar-refractivity contribution < 1.29 is 24.2 Å². The Hall–Kier alpha value is -3.19. The number of nitrogens with zero attached hydrogens (tertiary/aromatic N) is 2. The predicted octanol–water partition coefficient (Wildman–Crippen LogP) is 3.98. The first kappa shape index (κ1) is 23.5. The van der Waals surface area contributed by atoms with Gasteiger partial charge in [0.1, 0.15) is 11.5 Å². The second kappa shape index (κ2) is 9.96. The number of ether oxygens (including phenoxy) is 2. The summed E-state index contributed by atoms with van der Waals surface area (Å²) < 4.78 is 10.6. The number of hydrogen-bond acceptors (Lipinski definition) is 6. The maximum absolute atomic E-state index is 13.1. The van der Waals surface area contributed by atoms with Crippen LogP contribution in [0.2, 0.25) is 0 Å². The number of hydrogen-bond donors (Lipinski definition) is 1. The van der Waals surface area contributed by atoms with Crippen LogP contribution in [0.25, 0.3) is 5.76 Å². The third-order valence-electron chi connectivity index (χ3n) is 5.74. The first-order valence-electron chi connectivity index (χ1n) is 10.7. The average Bonchev–Trinajstić information content (AvgIpc) is 3.04. The number of pyridine rings is 1. The van der Waals surface area contributed by atoms with E-state index in [2.05, 4.69) is 4.98 Å². The van der Waals surface area contributed by atoms with Gasteiger partial charge in [-0.3, -0.25) is 14.6 Å². The van der Waals surface area contributed by atoms with E-state index in [9.17, 15) is 14.7 Å². The van der Waals surface area contributed by atoms with E-state index in [-0.39, 0.29) is 17.3 Å². The molecule has 1 fully saturated rings. The number of aromatic nitrogens is 1. The minimum absolute atomic E-state index is 0.0726. The van der Waals surface area contributed by atoms with Crippen molar-refractivity contribution in [2.45, 2.75) is 39.2 Å². The van der Waals surface area contributed by atoms with Crippen LogP contribution in [-0.2, 0) is 14.3 Å². The van der Waals surface area contributed by atoms with Crippen molar-refractivity contribution in [1.29, 1.82) is 0 Å². The second-order valence-corrected chi connectivity index (χ2v) is 8.19. The van der Waals surface area contributed by atoms with Crippen molar-refractivity contribution in [3.8, 4) is 5.75 Å². The number of rotatable bonds is 8. The molecule has 7 nitrogen and oxygen atoms in total. The highest BCUT2D eigenvalue weighted by Gasteiger charge is 2.46. The SMILES string of the molecule is COCCCN1C(=O)C(=O)/C(=C(/O)c2cc(C(C)C)c(OC)cc2C)C1c1cccnc1.